The van der Waals surface area contributed by atoms with E-state index in [-0.39, 0.29) is 11.5 Å². The maximum Gasteiger partial charge on any atom is 0.255 e. The Morgan fingerprint density at radius 3 is 2.73 bits per heavy atom. The van der Waals surface area contributed by atoms with Gasteiger partial charge in [-0.25, -0.2) is 9.37 Å². The van der Waals surface area contributed by atoms with Gasteiger partial charge in [-0.2, -0.15) is 0 Å². The van der Waals surface area contributed by atoms with Crippen LogP contribution < -0.4 is 9.64 Å². The van der Waals surface area contributed by atoms with E-state index in [1.807, 2.05) is 9.80 Å². The first kappa shape index (κ1) is 16.5. The van der Waals surface area contributed by atoms with Crippen LogP contribution in [0.5, 0.6) is 5.75 Å². The van der Waals surface area contributed by atoms with Crippen molar-refractivity contribution in [1.82, 2.24) is 9.88 Å². The van der Waals surface area contributed by atoms with Gasteiger partial charge in [-0.1, -0.05) is 0 Å². The Hall–Kier alpha value is -2.96. The summed E-state index contributed by atoms with van der Waals surface area (Å²) in [5, 5.41) is 0. The van der Waals surface area contributed by atoms with E-state index in [1.165, 1.54) is 18.3 Å². The molecule has 0 N–H and O–H groups in total. The summed E-state index contributed by atoms with van der Waals surface area (Å²) < 4.78 is 19.6. The molecule has 3 heterocycles. The normalized spacial score (nSPS) is 16.2. The Morgan fingerprint density at radius 1 is 1.19 bits per heavy atom. The van der Waals surface area contributed by atoms with Gasteiger partial charge in [0.05, 0.1) is 17.7 Å². The van der Waals surface area contributed by atoms with Crippen molar-refractivity contribution in [1.29, 1.82) is 0 Å². The van der Waals surface area contributed by atoms with Crippen molar-refractivity contribution in [3.63, 3.8) is 0 Å². The highest BCUT2D eigenvalue weighted by atomic mass is 19.1. The van der Waals surface area contributed by atoms with Gasteiger partial charge in [0.15, 0.2) is 17.9 Å². The van der Waals surface area contributed by atoms with Crippen LogP contribution in [0.2, 0.25) is 0 Å². The van der Waals surface area contributed by atoms with E-state index in [1.54, 1.807) is 12.1 Å². The topological polar surface area (TPSA) is 62.7 Å². The van der Waals surface area contributed by atoms with Gasteiger partial charge in [0.1, 0.15) is 12.4 Å². The molecule has 1 amide bonds. The quantitative estimate of drug-likeness (QED) is 0.793. The fraction of sp³-hybridized carbons (Fsp3) is 0.316. The van der Waals surface area contributed by atoms with E-state index in [2.05, 4.69) is 4.98 Å². The van der Waals surface area contributed by atoms with Gasteiger partial charge >= 0.3 is 0 Å². The van der Waals surface area contributed by atoms with E-state index >= 15 is 0 Å². The third-order valence-corrected chi connectivity index (χ3v) is 4.72. The van der Waals surface area contributed by atoms with Crippen molar-refractivity contribution in [2.45, 2.75) is 12.8 Å². The molecule has 0 radical (unpaired) electrons. The first-order chi connectivity index (χ1) is 12.7. The van der Waals surface area contributed by atoms with Gasteiger partial charge in [-0.05, 0) is 37.1 Å². The van der Waals surface area contributed by atoms with Crippen LogP contribution in [-0.2, 0) is 0 Å². The van der Waals surface area contributed by atoms with E-state index in [9.17, 15) is 14.0 Å². The lowest BCUT2D eigenvalue weighted by Gasteiger charge is -2.30. The molecule has 1 aromatic carbocycles. The highest BCUT2D eigenvalue weighted by molar-refractivity contribution is 5.95. The highest BCUT2D eigenvalue weighted by Crippen LogP contribution is 2.36. The smallest absolute Gasteiger partial charge is 0.255 e. The van der Waals surface area contributed by atoms with Gasteiger partial charge in [-0.15, -0.1) is 0 Å². The Labute approximate surface area is 150 Å². The van der Waals surface area contributed by atoms with Gasteiger partial charge in [0.2, 0.25) is 0 Å². The Bertz CT molecular complexity index is 865. The third kappa shape index (κ3) is 2.89. The summed E-state index contributed by atoms with van der Waals surface area (Å²) in [6.45, 7) is 2.43. The predicted octanol–water partition coefficient (Wildman–Crippen LogP) is 2.80. The summed E-state index contributed by atoms with van der Waals surface area (Å²) >= 11 is 0. The Balaban J connectivity index is 1.65. The summed E-state index contributed by atoms with van der Waals surface area (Å²) in [7, 11) is 0. The fourth-order valence-corrected chi connectivity index (χ4v) is 3.35. The largest absolute Gasteiger partial charge is 0.488 e. The monoisotopic (exact) mass is 355 g/mol. The van der Waals surface area contributed by atoms with Crippen LogP contribution in [0.25, 0.3) is 0 Å². The van der Waals surface area contributed by atoms with Crippen LogP contribution >= 0.6 is 0 Å². The lowest BCUT2D eigenvalue weighted by atomic mass is 10.1. The van der Waals surface area contributed by atoms with Crippen molar-refractivity contribution >= 4 is 23.7 Å². The second kappa shape index (κ2) is 6.74. The van der Waals surface area contributed by atoms with Crippen molar-refractivity contribution in [3.8, 4) is 5.75 Å². The standard InChI is InChI=1S/C19H18FN3O3/c20-16-10-15(4-3-13(16)12-24)23-7-8-26-17-9-14(11-21-18(17)23)19(25)22-5-1-2-6-22/h3-4,9-12H,1-2,5-8H2. The lowest BCUT2D eigenvalue weighted by molar-refractivity contribution is 0.0791. The number of aromatic nitrogens is 1. The van der Waals surface area contributed by atoms with Gasteiger partial charge in [-0.3, -0.25) is 9.59 Å². The number of ether oxygens (including phenoxy) is 1. The summed E-state index contributed by atoms with van der Waals surface area (Å²) in [6.07, 6.45) is 4.08. The van der Waals surface area contributed by atoms with Crippen molar-refractivity contribution < 1.29 is 18.7 Å². The molecule has 2 aromatic rings. The number of likely N-dealkylation sites (tertiary alicyclic amines) is 1. The van der Waals surface area contributed by atoms with Gasteiger partial charge in [0, 0.05) is 25.0 Å². The molecule has 0 saturated carbocycles. The molecule has 6 nitrogen and oxygen atoms in total. The van der Waals surface area contributed by atoms with Crippen LogP contribution in [0.3, 0.4) is 0 Å². The number of amides is 1. The number of hydrogen-bond donors (Lipinski definition) is 0. The molecule has 0 aliphatic carbocycles. The number of hydrogen-bond acceptors (Lipinski definition) is 5. The number of carbonyl (C=O) groups is 2. The molecule has 0 unspecified atom stereocenters. The molecule has 2 aliphatic heterocycles. The molecule has 0 atom stereocenters. The SMILES string of the molecule is O=Cc1ccc(N2CCOc3cc(C(=O)N4CCCC4)cnc32)cc1F. The van der Waals surface area contributed by atoms with E-state index < -0.39 is 5.82 Å². The zero-order valence-corrected chi connectivity index (χ0v) is 14.2. The molecular weight excluding hydrogens is 337 g/mol. The number of carbonyl (C=O) groups excluding carboxylic acids is 2. The summed E-state index contributed by atoms with van der Waals surface area (Å²) in [5.74, 6) is 0.417. The van der Waals surface area contributed by atoms with Crippen molar-refractivity contribution in [3.05, 3.63) is 47.4 Å². The van der Waals surface area contributed by atoms with E-state index in [0.717, 1.165) is 25.9 Å². The second-order valence-corrected chi connectivity index (χ2v) is 6.37. The molecule has 0 bridgehead atoms. The second-order valence-electron chi connectivity index (χ2n) is 6.37. The van der Waals surface area contributed by atoms with E-state index in [0.29, 0.717) is 42.3 Å². The Morgan fingerprint density at radius 2 is 2.00 bits per heavy atom. The molecule has 0 spiro atoms. The molecular formula is C19H18FN3O3. The van der Waals surface area contributed by atoms with Gasteiger partial charge < -0.3 is 14.5 Å². The number of aldehydes is 1. The number of fused-ring (bicyclic) bond motifs is 1. The maximum absolute atomic E-state index is 14.0. The number of pyridine rings is 1. The molecule has 1 fully saturated rings. The van der Waals surface area contributed by atoms with E-state index in [4.69, 9.17) is 4.74 Å². The molecule has 26 heavy (non-hydrogen) atoms. The number of benzene rings is 1. The molecule has 134 valence electrons. The molecule has 4 rings (SSSR count). The average Bonchev–Trinajstić information content (AvgIpc) is 3.21. The van der Waals surface area contributed by atoms with Crippen LogP contribution in [0.1, 0.15) is 33.6 Å². The maximum atomic E-state index is 14.0. The van der Waals surface area contributed by atoms with Crippen LogP contribution in [0, 0.1) is 5.82 Å². The molecule has 2 aliphatic rings. The number of halogens is 1. The summed E-state index contributed by atoms with van der Waals surface area (Å²) in [5.41, 5.74) is 1.10. The minimum absolute atomic E-state index is 0.0155. The summed E-state index contributed by atoms with van der Waals surface area (Å²) in [6, 6.07) is 6.13. The predicted molar refractivity (Wildman–Crippen MR) is 93.7 cm³/mol. The molecule has 1 saturated heterocycles. The first-order valence-electron chi connectivity index (χ1n) is 8.62. The van der Waals surface area contributed by atoms with Crippen LogP contribution in [-0.4, -0.2) is 48.3 Å². The van der Waals surface area contributed by atoms with Crippen LogP contribution in [0.15, 0.2) is 30.5 Å². The zero-order chi connectivity index (χ0) is 18.1. The van der Waals surface area contributed by atoms with Crippen molar-refractivity contribution in [2.24, 2.45) is 0 Å². The average molecular weight is 355 g/mol. The van der Waals surface area contributed by atoms with Crippen molar-refractivity contribution in [2.75, 3.05) is 31.1 Å². The molecule has 7 heteroatoms. The number of anilines is 2. The highest BCUT2D eigenvalue weighted by Gasteiger charge is 2.25. The minimum Gasteiger partial charge on any atom is -0.488 e. The van der Waals surface area contributed by atoms with Crippen LogP contribution in [0.4, 0.5) is 15.9 Å². The zero-order valence-electron chi connectivity index (χ0n) is 14.2. The van der Waals surface area contributed by atoms with Gasteiger partial charge in [0.25, 0.3) is 5.91 Å². The lowest BCUT2D eigenvalue weighted by Crippen LogP contribution is -2.31. The Kier molecular flexibility index (Phi) is 4.28. The third-order valence-electron chi connectivity index (χ3n) is 4.72. The number of nitrogens with zero attached hydrogens (tertiary/aromatic N) is 3. The fourth-order valence-electron chi connectivity index (χ4n) is 3.35. The minimum atomic E-state index is -0.577. The molecule has 1 aromatic heterocycles. The number of rotatable bonds is 3. The summed E-state index contributed by atoms with van der Waals surface area (Å²) in [4.78, 5) is 31.4. The first-order valence-corrected chi connectivity index (χ1v) is 8.62.